The highest BCUT2D eigenvalue weighted by Gasteiger charge is 2.09. The quantitative estimate of drug-likeness (QED) is 0.510. The van der Waals surface area contributed by atoms with Crippen LogP contribution in [0.25, 0.3) is 0 Å². The summed E-state index contributed by atoms with van der Waals surface area (Å²) in [4.78, 5) is 4.20. The van der Waals surface area contributed by atoms with Gasteiger partial charge in [-0.3, -0.25) is 4.99 Å². The van der Waals surface area contributed by atoms with Crippen LogP contribution >= 0.6 is 11.8 Å². The van der Waals surface area contributed by atoms with Gasteiger partial charge in [-0.25, -0.2) is 0 Å². The molecule has 1 aliphatic heterocycles. The van der Waals surface area contributed by atoms with Gasteiger partial charge in [-0.05, 0) is 6.92 Å². The molecule has 0 spiro atoms. The molecule has 0 saturated heterocycles. The summed E-state index contributed by atoms with van der Waals surface area (Å²) in [5.74, 6) is 0. The summed E-state index contributed by atoms with van der Waals surface area (Å²) < 4.78 is 0. The molecule has 0 saturated carbocycles. The van der Waals surface area contributed by atoms with Crippen LogP contribution in [0.1, 0.15) is 27.7 Å². The molecule has 0 aromatic carbocycles. The molecule has 0 amide bonds. The lowest BCUT2D eigenvalue weighted by Gasteiger charge is -1.92. The van der Waals surface area contributed by atoms with Crippen LogP contribution in [-0.2, 0) is 0 Å². The predicted octanol–water partition coefficient (Wildman–Crippen LogP) is 2.57. The van der Waals surface area contributed by atoms with E-state index in [-0.39, 0.29) is 0 Å². The van der Waals surface area contributed by atoms with Crippen molar-refractivity contribution in [3.8, 4) is 0 Å². The normalized spacial score (nSPS) is 24.4. The van der Waals surface area contributed by atoms with E-state index in [1.54, 1.807) is 0 Å². The van der Waals surface area contributed by atoms with Gasteiger partial charge in [-0.15, -0.1) is 11.8 Å². The molecule has 1 aliphatic rings. The zero-order valence-corrected chi connectivity index (χ0v) is 7.46. The fraction of sp³-hybridized carbons (Fsp3) is 0.857. The summed E-state index contributed by atoms with van der Waals surface area (Å²) >= 11 is 1.87. The van der Waals surface area contributed by atoms with E-state index in [0.29, 0.717) is 0 Å². The molecule has 0 N–H and O–H groups in total. The van der Waals surface area contributed by atoms with E-state index >= 15 is 0 Å². The number of thioether (sulfide) groups is 1. The first-order chi connectivity index (χ1) is 4.29. The van der Waals surface area contributed by atoms with Crippen LogP contribution in [0, 0.1) is 0 Å². The topological polar surface area (TPSA) is 12.4 Å². The Balaban J connectivity index is 0.000000291. The smallest absolute Gasteiger partial charge is 0.0648 e. The van der Waals surface area contributed by atoms with Crippen molar-refractivity contribution >= 4 is 16.8 Å². The van der Waals surface area contributed by atoms with Crippen LogP contribution in [0.4, 0.5) is 0 Å². The highest BCUT2D eigenvalue weighted by atomic mass is 32.2. The molecule has 2 heteroatoms. The number of nitrogens with zero attached hydrogens (tertiary/aromatic N) is 1. The van der Waals surface area contributed by atoms with E-state index in [0.717, 1.165) is 11.8 Å². The summed E-state index contributed by atoms with van der Waals surface area (Å²) in [6.45, 7) is 9.29. The van der Waals surface area contributed by atoms with Crippen molar-refractivity contribution in [1.82, 2.24) is 0 Å². The second-order valence-corrected chi connectivity index (χ2v) is 3.42. The highest BCUT2D eigenvalue weighted by molar-refractivity contribution is 8.14. The van der Waals surface area contributed by atoms with E-state index in [1.165, 1.54) is 5.04 Å². The lowest BCUT2D eigenvalue weighted by molar-refractivity contribution is 0.976. The summed E-state index contributed by atoms with van der Waals surface area (Å²) in [7, 11) is 0. The zero-order valence-electron chi connectivity index (χ0n) is 6.64. The molecule has 1 rings (SSSR count). The summed E-state index contributed by atoms with van der Waals surface area (Å²) in [5, 5.41) is 1.98. The monoisotopic (exact) mass is 145 g/mol. The molecular formula is C7H15NS. The molecule has 1 atom stereocenters. The average Bonchev–Trinajstić information content (AvgIpc) is 2.20. The molecule has 0 bridgehead atoms. The molecule has 54 valence electrons. The third-order valence-electron chi connectivity index (χ3n) is 0.943. The number of hydrogen-bond acceptors (Lipinski definition) is 2. The Morgan fingerprint density at radius 2 is 2.11 bits per heavy atom. The van der Waals surface area contributed by atoms with Crippen molar-refractivity contribution in [2.24, 2.45) is 4.99 Å². The van der Waals surface area contributed by atoms with Crippen LogP contribution in [0.2, 0.25) is 0 Å². The first kappa shape index (κ1) is 9.02. The Morgan fingerprint density at radius 1 is 1.56 bits per heavy atom. The molecule has 0 aromatic rings. The van der Waals surface area contributed by atoms with Crippen LogP contribution in [-0.4, -0.2) is 16.8 Å². The SMILES string of the molecule is CC.CC1=NCC(C)S1. The van der Waals surface area contributed by atoms with E-state index in [1.807, 2.05) is 25.6 Å². The Hall–Kier alpha value is 0.0200. The molecule has 1 unspecified atom stereocenters. The summed E-state index contributed by atoms with van der Waals surface area (Å²) in [6.07, 6.45) is 0. The Bertz CT molecular complexity index is 99.1. The standard InChI is InChI=1S/C5H9NS.C2H6/c1-4-3-6-5(2)7-4;1-2/h4H,3H2,1-2H3;1-2H3. The van der Waals surface area contributed by atoms with Crippen LogP contribution in [0.5, 0.6) is 0 Å². The number of aliphatic imine (C=N–C) groups is 1. The first-order valence-corrected chi connectivity index (χ1v) is 4.34. The van der Waals surface area contributed by atoms with Gasteiger partial charge in [-0.2, -0.15) is 0 Å². The van der Waals surface area contributed by atoms with Crippen molar-refractivity contribution in [3.05, 3.63) is 0 Å². The molecule has 0 aromatic heterocycles. The minimum atomic E-state index is 0.736. The fourth-order valence-corrected chi connectivity index (χ4v) is 1.50. The third kappa shape index (κ3) is 3.57. The molecule has 0 radical (unpaired) electrons. The molecule has 1 nitrogen and oxygen atoms in total. The van der Waals surface area contributed by atoms with Crippen molar-refractivity contribution in [2.45, 2.75) is 32.9 Å². The number of hydrogen-bond donors (Lipinski definition) is 0. The molecule has 0 aliphatic carbocycles. The molecular weight excluding hydrogens is 130 g/mol. The van der Waals surface area contributed by atoms with Crippen molar-refractivity contribution < 1.29 is 0 Å². The maximum Gasteiger partial charge on any atom is 0.0648 e. The fourth-order valence-electron chi connectivity index (χ4n) is 0.623. The summed E-state index contributed by atoms with van der Waals surface area (Å²) in [5.41, 5.74) is 0. The van der Waals surface area contributed by atoms with Gasteiger partial charge in [0.05, 0.1) is 11.6 Å². The first-order valence-electron chi connectivity index (χ1n) is 3.47. The third-order valence-corrected chi connectivity index (χ3v) is 1.96. The van der Waals surface area contributed by atoms with Crippen molar-refractivity contribution in [1.29, 1.82) is 0 Å². The lowest BCUT2D eigenvalue weighted by Crippen LogP contribution is -1.92. The number of rotatable bonds is 0. The van der Waals surface area contributed by atoms with Gasteiger partial charge in [-0.1, -0.05) is 20.8 Å². The average molecular weight is 145 g/mol. The van der Waals surface area contributed by atoms with Crippen LogP contribution in [0.3, 0.4) is 0 Å². The zero-order chi connectivity index (χ0) is 7.28. The Labute approximate surface area is 61.9 Å². The van der Waals surface area contributed by atoms with Crippen LogP contribution in [0.15, 0.2) is 4.99 Å². The van der Waals surface area contributed by atoms with Gasteiger partial charge >= 0.3 is 0 Å². The minimum absolute atomic E-state index is 0.736. The predicted molar refractivity (Wildman–Crippen MR) is 46.4 cm³/mol. The minimum Gasteiger partial charge on any atom is -0.282 e. The van der Waals surface area contributed by atoms with Crippen molar-refractivity contribution in [3.63, 3.8) is 0 Å². The summed E-state index contributed by atoms with van der Waals surface area (Å²) in [6, 6.07) is 0. The van der Waals surface area contributed by atoms with E-state index in [4.69, 9.17) is 0 Å². The lowest BCUT2D eigenvalue weighted by atomic mass is 10.5. The maximum atomic E-state index is 4.20. The van der Waals surface area contributed by atoms with E-state index in [2.05, 4.69) is 18.8 Å². The second kappa shape index (κ2) is 4.86. The molecule has 1 heterocycles. The largest absolute Gasteiger partial charge is 0.282 e. The Kier molecular flexibility index (Phi) is 4.87. The van der Waals surface area contributed by atoms with Gasteiger partial charge in [0.15, 0.2) is 0 Å². The highest BCUT2D eigenvalue weighted by Crippen LogP contribution is 2.18. The van der Waals surface area contributed by atoms with Gasteiger partial charge in [0.25, 0.3) is 0 Å². The van der Waals surface area contributed by atoms with Crippen molar-refractivity contribution in [2.75, 3.05) is 6.54 Å². The van der Waals surface area contributed by atoms with E-state index in [9.17, 15) is 0 Å². The molecule has 9 heavy (non-hydrogen) atoms. The van der Waals surface area contributed by atoms with Gasteiger partial charge in [0, 0.05) is 5.25 Å². The van der Waals surface area contributed by atoms with Gasteiger partial charge < -0.3 is 0 Å². The second-order valence-electron chi connectivity index (χ2n) is 1.79. The van der Waals surface area contributed by atoms with Crippen LogP contribution < -0.4 is 0 Å². The Morgan fingerprint density at radius 3 is 2.22 bits per heavy atom. The molecule has 0 fully saturated rings. The van der Waals surface area contributed by atoms with E-state index < -0.39 is 0 Å². The van der Waals surface area contributed by atoms with Gasteiger partial charge in [0.1, 0.15) is 0 Å². The maximum absolute atomic E-state index is 4.20. The van der Waals surface area contributed by atoms with Gasteiger partial charge in [0.2, 0.25) is 0 Å².